The standard InChI is InChI=1S/C36H22N4S/c1-2-10-23(11-3-1)24-14-8-15-26(20-24)34-38-35(29-17-9-19-32-33(29)28-16-6-7-18-31(28)41-32)40-36(39-34)30-21-25-12-4-5-13-27(25)22-37-30/h1-22H. The van der Waals surface area contributed by atoms with Crippen molar-refractivity contribution in [3.8, 4) is 45.4 Å². The van der Waals surface area contributed by atoms with Gasteiger partial charge in [0.25, 0.3) is 0 Å². The Morgan fingerprint density at radius 2 is 1.15 bits per heavy atom. The van der Waals surface area contributed by atoms with E-state index in [1.54, 1.807) is 11.3 Å². The summed E-state index contributed by atoms with van der Waals surface area (Å²) in [7, 11) is 0. The van der Waals surface area contributed by atoms with Crippen molar-refractivity contribution in [1.82, 2.24) is 19.9 Å². The lowest BCUT2D eigenvalue weighted by atomic mass is 10.0. The van der Waals surface area contributed by atoms with Gasteiger partial charge in [0.15, 0.2) is 17.5 Å². The van der Waals surface area contributed by atoms with E-state index in [9.17, 15) is 0 Å². The molecule has 0 saturated carbocycles. The van der Waals surface area contributed by atoms with Crippen LogP contribution < -0.4 is 0 Å². The zero-order valence-corrected chi connectivity index (χ0v) is 22.7. The van der Waals surface area contributed by atoms with E-state index in [1.807, 2.05) is 24.4 Å². The minimum Gasteiger partial charge on any atom is -0.252 e. The Kier molecular flexibility index (Phi) is 5.61. The first-order valence-corrected chi connectivity index (χ1v) is 14.3. The summed E-state index contributed by atoms with van der Waals surface area (Å²) in [5.74, 6) is 1.81. The molecule has 0 aliphatic carbocycles. The van der Waals surface area contributed by atoms with E-state index >= 15 is 0 Å². The first kappa shape index (κ1) is 23.6. The van der Waals surface area contributed by atoms with Gasteiger partial charge in [-0.3, -0.25) is 4.98 Å². The highest BCUT2D eigenvalue weighted by Gasteiger charge is 2.17. The summed E-state index contributed by atoms with van der Waals surface area (Å²) < 4.78 is 2.46. The average molecular weight is 543 g/mol. The van der Waals surface area contributed by atoms with Crippen molar-refractivity contribution >= 4 is 42.3 Å². The SMILES string of the molecule is c1ccc(-c2cccc(-c3nc(-c4cc5ccccc5cn4)nc(-c4cccc5sc6ccccc6c45)n3)c2)cc1. The number of fused-ring (bicyclic) bond motifs is 4. The third-order valence-corrected chi connectivity index (χ3v) is 8.50. The van der Waals surface area contributed by atoms with Gasteiger partial charge in [0, 0.05) is 42.9 Å². The van der Waals surface area contributed by atoms with Crippen molar-refractivity contribution < 1.29 is 0 Å². The third kappa shape index (κ3) is 4.24. The Balaban J connectivity index is 1.37. The maximum atomic E-state index is 5.09. The summed E-state index contributed by atoms with van der Waals surface area (Å²) in [6, 6.07) is 43.9. The highest BCUT2D eigenvalue weighted by atomic mass is 32.1. The minimum absolute atomic E-state index is 0.553. The van der Waals surface area contributed by atoms with Crippen LogP contribution in [0.1, 0.15) is 0 Å². The Hall–Kier alpha value is -5.26. The lowest BCUT2D eigenvalue weighted by Crippen LogP contribution is -2.01. The molecular weight excluding hydrogens is 520 g/mol. The van der Waals surface area contributed by atoms with Crippen LogP contribution in [0.3, 0.4) is 0 Å². The second kappa shape index (κ2) is 9.73. The molecule has 8 rings (SSSR count). The van der Waals surface area contributed by atoms with E-state index in [2.05, 4.69) is 109 Å². The fourth-order valence-electron chi connectivity index (χ4n) is 5.38. The molecule has 0 aliphatic heterocycles. The van der Waals surface area contributed by atoms with E-state index in [0.717, 1.165) is 38.7 Å². The smallest absolute Gasteiger partial charge is 0.182 e. The van der Waals surface area contributed by atoms with Gasteiger partial charge in [0.05, 0.1) is 0 Å². The van der Waals surface area contributed by atoms with Gasteiger partial charge in [0.2, 0.25) is 0 Å². The number of aromatic nitrogens is 4. The highest BCUT2D eigenvalue weighted by molar-refractivity contribution is 7.25. The van der Waals surface area contributed by atoms with Gasteiger partial charge in [-0.2, -0.15) is 0 Å². The van der Waals surface area contributed by atoms with Crippen LogP contribution in [-0.2, 0) is 0 Å². The molecule has 0 atom stereocenters. The number of thiophene rings is 1. The number of nitrogens with zero attached hydrogens (tertiary/aromatic N) is 4. The molecule has 41 heavy (non-hydrogen) atoms. The second-order valence-electron chi connectivity index (χ2n) is 9.95. The normalized spacial score (nSPS) is 11.4. The predicted octanol–water partition coefficient (Wildman–Crippen LogP) is 9.46. The van der Waals surface area contributed by atoms with E-state index in [4.69, 9.17) is 19.9 Å². The summed E-state index contributed by atoms with van der Waals surface area (Å²) in [5, 5.41) is 4.55. The average Bonchev–Trinajstić information content (AvgIpc) is 3.44. The number of rotatable bonds is 4. The molecule has 0 radical (unpaired) electrons. The first-order chi connectivity index (χ1) is 20.3. The molecule has 0 saturated heterocycles. The van der Waals surface area contributed by atoms with Crippen LogP contribution >= 0.6 is 11.3 Å². The Bertz CT molecular complexity index is 2220. The summed E-state index contributed by atoms with van der Waals surface area (Å²) in [4.78, 5) is 19.9. The van der Waals surface area contributed by atoms with E-state index in [-0.39, 0.29) is 0 Å². The molecule has 3 heterocycles. The molecule has 5 aromatic carbocycles. The van der Waals surface area contributed by atoms with Crippen LogP contribution in [0.5, 0.6) is 0 Å². The molecule has 0 unspecified atom stereocenters. The predicted molar refractivity (Wildman–Crippen MR) is 170 cm³/mol. The van der Waals surface area contributed by atoms with Crippen molar-refractivity contribution in [3.63, 3.8) is 0 Å². The molecule has 4 nitrogen and oxygen atoms in total. The van der Waals surface area contributed by atoms with E-state index in [0.29, 0.717) is 17.5 Å². The number of pyridine rings is 1. The molecular formula is C36H22N4S. The molecule has 0 spiro atoms. The third-order valence-electron chi connectivity index (χ3n) is 7.37. The largest absolute Gasteiger partial charge is 0.252 e. The molecule has 0 N–H and O–H groups in total. The van der Waals surface area contributed by atoms with Gasteiger partial charge in [-0.05, 0) is 40.8 Å². The molecule has 5 heteroatoms. The molecule has 0 amide bonds. The van der Waals surface area contributed by atoms with Crippen LogP contribution in [0.25, 0.3) is 76.4 Å². The van der Waals surface area contributed by atoms with Crippen molar-refractivity contribution in [2.75, 3.05) is 0 Å². The molecule has 0 bridgehead atoms. The fourth-order valence-corrected chi connectivity index (χ4v) is 6.51. The first-order valence-electron chi connectivity index (χ1n) is 13.5. The van der Waals surface area contributed by atoms with Gasteiger partial charge < -0.3 is 0 Å². The summed E-state index contributed by atoms with van der Waals surface area (Å²) in [6.07, 6.45) is 1.89. The minimum atomic E-state index is 0.553. The molecule has 3 aromatic heterocycles. The van der Waals surface area contributed by atoms with Crippen LogP contribution in [0.15, 0.2) is 134 Å². The van der Waals surface area contributed by atoms with Gasteiger partial charge in [-0.25, -0.2) is 15.0 Å². The van der Waals surface area contributed by atoms with Crippen molar-refractivity contribution in [2.24, 2.45) is 0 Å². The van der Waals surface area contributed by atoms with Crippen molar-refractivity contribution in [2.45, 2.75) is 0 Å². The topological polar surface area (TPSA) is 51.6 Å². The summed E-state index contributed by atoms with van der Waals surface area (Å²) in [6.45, 7) is 0. The lowest BCUT2D eigenvalue weighted by molar-refractivity contribution is 1.06. The van der Waals surface area contributed by atoms with Crippen molar-refractivity contribution in [1.29, 1.82) is 0 Å². The molecule has 0 fully saturated rings. The van der Waals surface area contributed by atoms with Crippen LogP contribution in [-0.4, -0.2) is 19.9 Å². The summed E-state index contributed by atoms with van der Waals surface area (Å²) >= 11 is 1.79. The Morgan fingerprint density at radius 3 is 2.07 bits per heavy atom. The van der Waals surface area contributed by atoms with Crippen LogP contribution in [0.4, 0.5) is 0 Å². The number of hydrogen-bond acceptors (Lipinski definition) is 5. The molecule has 192 valence electrons. The fraction of sp³-hybridized carbons (Fsp3) is 0. The van der Waals surface area contributed by atoms with E-state index < -0.39 is 0 Å². The zero-order chi connectivity index (χ0) is 27.2. The molecule has 8 aromatic rings. The van der Waals surface area contributed by atoms with Crippen molar-refractivity contribution in [3.05, 3.63) is 134 Å². The highest BCUT2D eigenvalue weighted by Crippen LogP contribution is 2.39. The second-order valence-corrected chi connectivity index (χ2v) is 11.0. The number of benzene rings is 5. The Morgan fingerprint density at radius 1 is 0.463 bits per heavy atom. The molecule has 0 aliphatic rings. The maximum Gasteiger partial charge on any atom is 0.182 e. The van der Waals surface area contributed by atoms with Crippen LogP contribution in [0, 0.1) is 0 Å². The Labute approximate surface area is 240 Å². The summed E-state index contributed by atoms with van der Waals surface area (Å²) in [5.41, 5.74) is 4.90. The quantitative estimate of drug-likeness (QED) is 0.222. The lowest BCUT2D eigenvalue weighted by Gasteiger charge is -2.10. The zero-order valence-electron chi connectivity index (χ0n) is 21.9. The van der Waals surface area contributed by atoms with E-state index in [1.165, 1.54) is 20.2 Å². The van der Waals surface area contributed by atoms with Gasteiger partial charge in [-0.15, -0.1) is 11.3 Å². The van der Waals surface area contributed by atoms with Gasteiger partial charge >= 0.3 is 0 Å². The van der Waals surface area contributed by atoms with Gasteiger partial charge in [0.1, 0.15) is 5.69 Å². The van der Waals surface area contributed by atoms with Gasteiger partial charge in [-0.1, -0.05) is 103 Å². The monoisotopic (exact) mass is 542 g/mol. The number of hydrogen-bond donors (Lipinski definition) is 0. The maximum absolute atomic E-state index is 5.09. The van der Waals surface area contributed by atoms with Crippen LogP contribution in [0.2, 0.25) is 0 Å².